The van der Waals surface area contributed by atoms with Gasteiger partial charge in [0.05, 0.1) is 0 Å². The van der Waals surface area contributed by atoms with Crippen LogP contribution < -0.4 is 0 Å². The molecule has 0 aromatic carbocycles. The number of rotatable bonds is 0. The molecule has 0 aliphatic rings. The van der Waals surface area contributed by atoms with E-state index >= 15 is 0 Å². The van der Waals surface area contributed by atoms with Gasteiger partial charge < -0.3 is 5.48 Å². The van der Waals surface area contributed by atoms with E-state index in [9.17, 15) is 8.78 Å². The summed E-state index contributed by atoms with van der Waals surface area (Å²) in [5, 5.41) is 0. The second-order valence-electron chi connectivity index (χ2n) is 0.429. The highest BCUT2D eigenvalue weighted by atomic mass is 35.5. The van der Waals surface area contributed by atoms with Gasteiger partial charge in [0.1, 0.15) is 0 Å². The van der Waals surface area contributed by atoms with Gasteiger partial charge in [0, 0.05) is 0 Å². The SMILES string of the molecule is FC(F)(Cl)Cl.O.[AlH3]. The first-order chi connectivity index (χ1) is 2.00. The Bertz CT molecular complexity index is 31.2. The summed E-state index contributed by atoms with van der Waals surface area (Å²) in [7, 11) is 0. The van der Waals surface area contributed by atoms with Crippen molar-refractivity contribution >= 4 is 40.6 Å². The molecule has 6 heteroatoms. The van der Waals surface area contributed by atoms with Crippen LogP contribution in [-0.4, -0.2) is 27.7 Å². The van der Waals surface area contributed by atoms with Gasteiger partial charge in [0.15, 0.2) is 17.4 Å². The first-order valence-corrected chi connectivity index (χ1v) is 1.51. The molecule has 0 amide bonds. The second kappa shape index (κ2) is 5.08. The summed E-state index contributed by atoms with van der Waals surface area (Å²) in [5.41, 5.74) is 0. The van der Waals surface area contributed by atoms with Crippen molar-refractivity contribution in [2.24, 2.45) is 0 Å². The van der Waals surface area contributed by atoms with E-state index in [-0.39, 0.29) is 22.8 Å². The van der Waals surface area contributed by atoms with Gasteiger partial charge in [0.2, 0.25) is 0 Å². The fraction of sp³-hybridized carbons (Fsp3) is 1.00. The van der Waals surface area contributed by atoms with Crippen molar-refractivity contribution in [1.82, 2.24) is 0 Å². The Balaban J connectivity index is -0.0000000800. The molecule has 0 aliphatic carbocycles. The minimum atomic E-state index is -3.56. The fourth-order valence-corrected chi connectivity index (χ4v) is 0. The molecule has 0 atom stereocenters. The van der Waals surface area contributed by atoms with Crippen molar-refractivity contribution in [3.8, 4) is 0 Å². The molecule has 2 N–H and O–H groups in total. The molecule has 0 aliphatic heterocycles. The molecule has 0 saturated heterocycles. The molecule has 46 valence electrons. The second-order valence-corrected chi connectivity index (χ2v) is 1.57. The Kier molecular flexibility index (Phi) is 11.4. The van der Waals surface area contributed by atoms with E-state index in [1.165, 1.54) is 0 Å². The van der Waals surface area contributed by atoms with Crippen LogP contribution in [0.4, 0.5) is 8.78 Å². The minimum absolute atomic E-state index is 0. The summed E-state index contributed by atoms with van der Waals surface area (Å²) < 4.78 is 21.1. The van der Waals surface area contributed by atoms with E-state index in [0.29, 0.717) is 0 Å². The monoisotopic (exact) mass is 168 g/mol. The first-order valence-electron chi connectivity index (χ1n) is 0.756. The van der Waals surface area contributed by atoms with E-state index in [1.807, 2.05) is 0 Å². The summed E-state index contributed by atoms with van der Waals surface area (Å²) >= 11 is 7.92. The predicted molar refractivity (Wildman–Crippen MR) is 30.2 cm³/mol. The van der Waals surface area contributed by atoms with Crippen LogP contribution in [0.15, 0.2) is 0 Å². The van der Waals surface area contributed by atoms with Gasteiger partial charge >= 0.3 is 4.84 Å². The van der Waals surface area contributed by atoms with E-state index < -0.39 is 4.84 Å². The summed E-state index contributed by atoms with van der Waals surface area (Å²) in [4.78, 5) is -3.56. The highest BCUT2D eigenvalue weighted by molar-refractivity contribution is 6.45. The van der Waals surface area contributed by atoms with Gasteiger partial charge in [0.25, 0.3) is 0 Å². The van der Waals surface area contributed by atoms with Crippen molar-refractivity contribution < 1.29 is 14.3 Å². The molecular formula is CH5AlCl2F2O. The van der Waals surface area contributed by atoms with Crippen LogP contribution in [0.5, 0.6) is 0 Å². The predicted octanol–water partition coefficient (Wildman–Crippen LogP) is 0.00570. The summed E-state index contributed by atoms with van der Waals surface area (Å²) in [6.45, 7) is 0. The normalized spacial score (nSPS) is 8.57. The van der Waals surface area contributed by atoms with Crippen molar-refractivity contribution in [2.45, 2.75) is 4.84 Å². The topological polar surface area (TPSA) is 31.5 Å². The Hall–Kier alpha value is 0.932. The summed E-state index contributed by atoms with van der Waals surface area (Å²) in [5.74, 6) is 0. The highest BCUT2D eigenvalue weighted by Gasteiger charge is 2.17. The lowest BCUT2D eigenvalue weighted by Gasteiger charge is -1.87. The number of alkyl halides is 4. The van der Waals surface area contributed by atoms with Gasteiger partial charge in [-0.3, -0.25) is 0 Å². The lowest BCUT2D eigenvalue weighted by molar-refractivity contribution is 0.194. The van der Waals surface area contributed by atoms with E-state index in [1.54, 1.807) is 0 Å². The average molecular weight is 169 g/mol. The molecule has 0 radical (unpaired) electrons. The third kappa shape index (κ3) is 194. The van der Waals surface area contributed by atoms with Crippen LogP contribution in [0.3, 0.4) is 0 Å². The fourth-order valence-electron chi connectivity index (χ4n) is 0. The molecule has 0 rings (SSSR count). The van der Waals surface area contributed by atoms with Crippen molar-refractivity contribution in [1.29, 1.82) is 0 Å². The zero-order valence-electron chi connectivity index (χ0n) is 2.51. The van der Waals surface area contributed by atoms with Crippen LogP contribution in [-0.2, 0) is 0 Å². The van der Waals surface area contributed by atoms with E-state index in [2.05, 4.69) is 23.2 Å². The zero-order chi connectivity index (χ0) is 4.50. The third-order valence-electron chi connectivity index (χ3n) is 0. The molecule has 0 aromatic heterocycles. The molecule has 0 fully saturated rings. The van der Waals surface area contributed by atoms with Crippen LogP contribution in [0, 0.1) is 0 Å². The highest BCUT2D eigenvalue weighted by Crippen LogP contribution is 2.22. The van der Waals surface area contributed by atoms with Crippen LogP contribution in [0.1, 0.15) is 0 Å². The van der Waals surface area contributed by atoms with Crippen LogP contribution in [0.2, 0.25) is 0 Å². The molecule has 0 unspecified atom stereocenters. The van der Waals surface area contributed by atoms with Crippen molar-refractivity contribution in [3.63, 3.8) is 0 Å². The van der Waals surface area contributed by atoms with Crippen molar-refractivity contribution in [2.75, 3.05) is 0 Å². The lowest BCUT2D eigenvalue weighted by Crippen LogP contribution is -1.86. The standard InChI is InChI=1S/CCl2F2.Al.H2O.3H/c2-1(3,4)5;;;;;/h;;1H2;;;. The largest absolute Gasteiger partial charge is 0.412 e. The Morgan fingerprint density at radius 1 is 1.14 bits per heavy atom. The Morgan fingerprint density at radius 3 is 1.14 bits per heavy atom. The molecular weight excluding hydrogens is 164 g/mol. The molecule has 0 heterocycles. The van der Waals surface area contributed by atoms with Crippen molar-refractivity contribution in [3.05, 3.63) is 0 Å². The van der Waals surface area contributed by atoms with Gasteiger partial charge in [-0.05, 0) is 23.2 Å². The van der Waals surface area contributed by atoms with Crippen LogP contribution in [0.25, 0.3) is 0 Å². The van der Waals surface area contributed by atoms with Gasteiger partial charge in [-0.15, -0.1) is 0 Å². The molecule has 1 nitrogen and oxygen atoms in total. The molecule has 7 heavy (non-hydrogen) atoms. The third-order valence-corrected chi connectivity index (χ3v) is 0. The summed E-state index contributed by atoms with van der Waals surface area (Å²) in [6, 6.07) is 0. The first kappa shape index (κ1) is 15.7. The van der Waals surface area contributed by atoms with Gasteiger partial charge in [-0.1, -0.05) is 0 Å². The van der Waals surface area contributed by atoms with Gasteiger partial charge in [-0.25, -0.2) is 0 Å². The van der Waals surface area contributed by atoms with E-state index in [0.717, 1.165) is 0 Å². The van der Waals surface area contributed by atoms with E-state index in [4.69, 9.17) is 0 Å². The minimum Gasteiger partial charge on any atom is -0.412 e. The zero-order valence-corrected chi connectivity index (χ0v) is 4.02. The molecule has 0 bridgehead atoms. The number of hydrogen-bond donors (Lipinski definition) is 0. The molecule has 0 spiro atoms. The average Bonchev–Trinajstić information content (AvgIpc) is 0.722. The maximum Gasteiger partial charge on any atom is 0.401 e. The molecule has 0 saturated carbocycles. The van der Waals surface area contributed by atoms with Crippen LogP contribution >= 0.6 is 23.2 Å². The Labute approximate surface area is 60.0 Å². The maximum atomic E-state index is 10.6. The summed E-state index contributed by atoms with van der Waals surface area (Å²) in [6.07, 6.45) is 0. The quantitative estimate of drug-likeness (QED) is 0.361. The number of halogens is 4. The lowest BCUT2D eigenvalue weighted by atomic mass is 11.7. The smallest absolute Gasteiger partial charge is 0.401 e. The molecule has 0 aromatic rings. The number of hydrogen-bond acceptors (Lipinski definition) is 0. The van der Waals surface area contributed by atoms with Gasteiger partial charge in [-0.2, -0.15) is 8.78 Å². The maximum absolute atomic E-state index is 10.6. The Morgan fingerprint density at radius 2 is 1.14 bits per heavy atom.